The Labute approximate surface area is 131 Å². The highest BCUT2D eigenvalue weighted by atomic mass is 16.1. The first-order valence-corrected chi connectivity index (χ1v) is 8.08. The van der Waals surface area contributed by atoms with Crippen LogP contribution in [0, 0.1) is 12.8 Å². The largest absolute Gasteiger partial charge is 0.299 e. The Morgan fingerprint density at radius 3 is 2.86 bits per heavy atom. The van der Waals surface area contributed by atoms with Gasteiger partial charge in [-0.25, -0.2) is 0 Å². The minimum Gasteiger partial charge on any atom is -0.299 e. The highest BCUT2D eigenvalue weighted by molar-refractivity contribution is 5.97. The van der Waals surface area contributed by atoms with Gasteiger partial charge in [-0.3, -0.25) is 4.79 Å². The van der Waals surface area contributed by atoms with Crippen molar-refractivity contribution < 1.29 is 4.79 Å². The van der Waals surface area contributed by atoms with Crippen LogP contribution < -0.4 is 0 Å². The summed E-state index contributed by atoms with van der Waals surface area (Å²) in [5.41, 5.74) is 6.62. The molecule has 1 heteroatoms. The van der Waals surface area contributed by atoms with Crippen molar-refractivity contribution in [2.75, 3.05) is 0 Å². The minimum absolute atomic E-state index is 0.0688. The summed E-state index contributed by atoms with van der Waals surface area (Å²) in [6, 6.07) is 11.1. The third-order valence-electron chi connectivity index (χ3n) is 5.11. The highest BCUT2D eigenvalue weighted by Gasteiger charge is 2.30. The molecule has 0 aliphatic heterocycles. The lowest BCUT2D eigenvalue weighted by atomic mass is 9.72. The zero-order valence-electron chi connectivity index (χ0n) is 13.1. The van der Waals surface area contributed by atoms with Gasteiger partial charge >= 0.3 is 0 Å². The first kappa shape index (κ1) is 13.5. The Kier molecular flexibility index (Phi) is 3.04. The maximum Gasteiger partial charge on any atom is 0.137 e. The number of rotatable bonds is 1. The van der Waals surface area contributed by atoms with E-state index in [0.717, 1.165) is 19.3 Å². The molecule has 2 aromatic carbocycles. The fraction of sp³-hybridized carbons (Fsp3) is 0.286. The van der Waals surface area contributed by atoms with Crippen LogP contribution in [-0.2, 0) is 11.2 Å². The van der Waals surface area contributed by atoms with Crippen LogP contribution in [0.4, 0.5) is 0 Å². The third kappa shape index (κ3) is 1.96. The standard InChI is InChI=1S/C21H20O/c1-13-7-9-16-15(11-13)8-10-19-17-5-3-4-6-18(17)20(14(2)22)12-21(16)19/h3,5,7-11,20H,4,6,12H2,1-2H3. The SMILES string of the molecule is CC(=O)C1Cc2c(ccc3cc(C)ccc23)C2=C1CCC=C2. The number of hydrogen-bond donors (Lipinski definition) is 0. The van der Waals surface area contributed by atoms with Gasteiger partial charge < -0.3 is 0 Å². The summed E-state index contributed by atoms with van der Waals surface area (Å²) in [4.78, 5) is 12.2. The van der Waals surface area contributed by atoms with Crippen LogP contribution in [0.2, 0.25) is 0 Å². The second kappa shape index (κ2) is 4.95. The second-order valence-corrected chi connectivity index (χ2v) is 6.56. The zero-order chi connectivity index (χ0) is 15.3. The number of aryl methyl sites for hydroxylation is 1. The smallest absolute Gasteiger partial charge is 0.137 e. The maximum absolute atomic E-state index is 12.2. The molecule has 0 radical (unpaired) electrons. The van der Waals surface area contributed by atoms with Crippen LogP contribution in [0.3, 0.4) is 0 Å². The molecule has 1 unspecified atom stereocenters. The second-order valence-electron chi connectivity index (χ2n) is 6.56. The van der Waals surface area contributed by atoms with E-state index in [1.165, 1.54) is 38.6 Å². The first-order chi connectivity index (χ1) is 10.6. The fourth-order valence-corrected chi connectivity index (χ4v) is 4.01. The van der Waals surface area contributed by atoms with Crippen LogP contribution in [0.1, 0.15) is 36.5 Å². The minimum atomic E-state index is 0.0688. The molecular weight excluding hydrogens is 268 g/mol. The summed E-state index contributed by atoms with van der Waals surface area (Å²) >= 11 is 0. The number of Topliss-reactive ketones (excluding diaryl/α,β-unsaturated/α-hetero) is 1. The lowest BCUT2D eigenvalue weighted by molar-refractivity contribution is -0.119. The van der Waals surface area contributed by atoms with E-state index in [2.05, 4.69) is 49.4 Å². The molecule has 2 aliphatic carbocycles. The van der Waals surface area contributed by atoms with E-state index in [1.54, 1.807) is 6.92 Å². The molecule has 1 nitrogen and oxygen atoms in total. The van der Waals surface area contributed by atoms with Crippen LogP contribution in [0.25, 0.3) is 16.3 Å². The molecule has 0 spiro atoms. The Hall–Kier alpha value is -2.15. The number of benzene rings is 2. The molecule has 0 saturated carbocycles. The van der Waals surface area contributed by atoms with E-state index in [-0.39, 0.29) is 5.92 Å². The van der Waals surface area contributed by atoms with Gasteiger partial charge in [0.2, 0.25) is 0 Å². The summed E-state index contributed by atoms with van der Waals surface area (Å²) in [6.45, 7) is 3.87. The van der Waals surface area contributed by atoms with Gasteiger partial charge in [-0.2, -0.15) is 0 Å². The zero-order valence-corrected chi connectivity index (χ0v) is 13.1. The topological polar surface area (TPSA) is 17.1 Å². The molecule has 0 fully saturated rings. The molecule has 0 aromatic heterocycles. The van der Waals surface area contributed by atoms with E-state index in [0.29, 0.717) is 5.78 Å². The van der Waals surface area contributed by atoms with Crippen LogP contribution in [-0.4, -0.2) is 5.78 Å². The van der Waals surface area contributed by atoms with Crippen LogP contribution in [0.5, 0.6) is 0 Å². The van der Waals surface area contributed by atoms with E-state index < -0.39 is 0 Å². The molecule has 22 heavy (non-hydrogen) atoms. The van der Waals surface area contributed by atoms with E-state index in [9.17, 15) is 4.79 Å². The van der Waals surface area contributed by atoms with Crippen molar-refractivity contribution in [2.45, 2.75) is 33.1 Å². The molecule has 1 atom stereocenters. The molecule has 0 N–H and O–H groups in total. The van der Waals surface area contributed by atoms with Crippen molar-refractivity contribution in [3.05, 3.63) is 64.7 Å². The molecule has 0 saturated heterocycles. The summed E-state index contributed by atoms with van der Waals surface area (Å²) in [5.74, 6) is 0.372. The Morgan fingerprint density at radius 1 is 1.18 bits per heavy atom. The number of carbonyl (C=O) groups excluding carboxylic acids is 1. The number of allylic oxidation sites excluding steroid dienone is 4. The summed E-state index contributed by atoms with van der Waals surface area (Å²) < 4.78 is 0. The van der Waals surface area contributed by atoms with Gasteiger partial charge in [0.15, 0.2) is 0 Å². The van der Waals surface area contributed by atoms with Crippen LogP contribution in [0.15, 0.2) is 48.1 Å². The summed E-state index contributed by atoms with van der Waals surface area (Å²) in [6.07, 6.45) is 7.42. The van der Waals surface area contributed by atoms with Crippen molar-refractivity contribution in [3.63, 3.8) is 0 Å². The first-order valence-electron chi connectivity index (χ1n) is 8.08. The lowest BCUT2D eigenvalue weighted by Gasteiger charge is -2.31. The van der Waals surface area contributed by atoms with E-state index in [4.69, 9.17) is 0 Å². The van der Waals surface area contributed by atoms with Gasteiger partial charge in [-0.15, -0.1) is 0 Å². The number of hydrogen-bond acceptors (Lipinski definition) is 1. The molecule has 2 aromatic rings. The average molecular weight is 288 g/mol. The maximum atomic E-state index is 12.2. The Bertz CT molecular complexity index is 852. The van der Waals surface area contributed by atoms with Crippen molar-refractivity contribution in [1.29, 1.82) is 0 Å². The van der Waals surface area contributed by atoms with Gasteiger partial charge in [0.25, 0.3) is 0 Å². The van der Waals surface area contributed by atoms with Crippen LogP contribution >= 0.6 is 0 Å². The van der Waals surface area contributed by atoms with Gasteiger partial charge in [-0.05, 0) is 60.6 Å². The molecule has 2 aliphatic rings. The van der Waals surface area contributed by atoms with Gasteiger partial charge in [-0.1, -0.05) is 53.6 Å². The predicted octanol–water partition coefficient (Wildman–Crippen LogP) is 5.01. The van der Waals surface area contributed by atoms with Gasteiger partial charge in [0, 0.05) is 5.92 Å². The Morgan fingerprint density at radius 2 is 2.05 bits per heavy atom. The molecule has 0 amide bonds. The molecular formula is C21H20O. The Balaban J connectivity index is 2.01. The van der Waals surface area contributed by atoms with E-state index >= 15 is 0 Å². The molecule has 0 heterocycles. The quantitative estimate of drug-likeness (QED) is 0.720. The third-order valence-corrected chi connectivity index (χ3v) is 5.11. The van der Waals surface area contributed by atoms with Crippen molar-refractivity contribution in [1.82, 2.24) is 0 Å². The molecule has 110 valence electrons. The van der Waals surface area contributed by atoms with E-state index in [1.807, 2.05) is 0 Å². The van der Waals surface area contributed by atoms with Gasteiger partial charge in [0.05, 0.1) is 0 Å². The molecule has 4 rings (SSSR count). The normalized spacial score (nSPS) is 20.0. The van der Waals surface area contributed by atoms with Crippen molar-refractivity contribution in [3.8, 4) is 0 Å². The summed E-state index contributed by atoms with van der Waals surface area (Å²) in [5, 5.41) is 2.59. The average Bonchev–Trinajstić information content (AvgIpc) is 2.53. The highest BCUT2D eigenvalue weighted by Crippen LogP contribution is 2.42. The number of carbonyl (C=O) groups is 1. The van der Waals surface area contributed by atoms with Crippen molar-refractivity contribution >= 4 is 22.1 Å². The monoisotopic (exact) mass is 288 g/mol. The lowest BCUT2D eigenvalue weighted by Crippen LogP contribution is -2.23. The predicted molar refractivity (Wildman–Crippen MR) is 91.9 cm³/mol. The molecule has 0 bridgehead atoms. The van der Waals surface area contributed by atoms with Gasteiger partial charge in [0.1, 0.15) is 5.78 Å². The number of ketones is 1. The van der Waals surface area contributed by atoms with Crippen molar-refractivity contribution in [2.24, 2.45) is 5.92 Å². The summed E-state index contributed by atoms with van der Waals surface area (Å²) in [7, 11) is 0. The number of fused-ring (bicyclic) bond motifs is 4. The fourth-order valence-electron chi connectivity index (χ4n) is 4.01.